The van der Waals surface area contributed by atoms with Gasteiger partial charge in [-0.2, -0.15) is 0 Å². The largest absolute Gasteiger partial charge is 0.208 e. The predicted molar refractivity (Wildman–Crippen MR) is 275 cm³/mol. The summed E-state index contributed by atoms with van der Waals surface area (Å²) in [6, 6.07) is 85.2. The molecule has 13 rings (SSSR count). The van der Waals surface area contributed by atoms with Crippen molar-refractivity contribution >= 4 is 42.3 Å². The van der Waals surface area contributed by atoms with E-state index < -0.39 is 5.41 Å². The first-order chi connectivity index (χ1) is 32.7. The van der Waals surface area contributed by atoms with Gasteiger partial charge in [0.15, 0.2) is 17.5 Å². The van der Waals surface area contributed by atoms with Gasteiger partial charge in [0.25, 0.3) is 0 Å². The molecule has 0 unspecified atom stereocenters. The third-order valence-electron chi connectivity index (χ3n) is 13.5. The van der Waals surface area contributed by atoms with Crippen molar-refractivity contribution in [3.8, 4) is 67.5 Å². The quantitative estimate of drug-likeness (QED) is 0.160. The van der Waals surface area contributed by atoms with Crippen molar-refractivity contribution in [3.63, 3.8) is 0 Å². The molecule has 1 aliphatic carbocycles. The molecule has 3 nitrogen and oxygen atoms in total. The molecule has 0 spiro atoms. The maximum absolute atomic E-state index is 5.33. The molecule has 0 fully saturated rings. The van der Waals surface area contributed by atoms with E-state index in [0.29, 0.717) is 17.5 Å². The highest BCUT2D eigenvalue weighted by Crippen LogP contribution is 2.56. The lowest BCUT2D eigenvalue weighted by Gasteiger charge is -2.34. The number of fused-ring (bicyclic) bond motifs is 7. The van der Waals surface area contributed by atoms with Crippen LogP contribution in [0.1, 0.15) is 22.3 Å². The summed E-state index contributed by atoms with van der Waals surface area (Å²) in [6.45, 7) is 0. The summed E-state index contributed by atoms with van der Waals surface area (Å²) in [5.41, 5.74) is 14.3. The molecule has 0 atom stereocenters. The Balaban J connectivity index is 0.979. The van der Waals surface area contributed by atoms with Gasteiger partial charge >= 0.3 is 0 Å². The van der Waals surface area contributed by atoms with Crippen molar-refractivity contribution in [2.45, 2.75) is 5.41 Å². The second-order valence-electron chi connectivity index (χ2n) is 17.1. The molecule has 0 saturated carbocycles. The molecule has 0 N–H and O–H groups in total. The van der Waals surface area contributed by atoms with Crippen LogP contribution in [0.25, 0.3) is 98.5 Å². The summed E-state index contributed by atoms with van der Waals surface area (Å²) in [6.07, 6.45) is 0. The Hall–Kier alpha value is -8.31. The highest BCUT2D eigenvalue weighted by Gasteiger charge is 2.46. The van der Waals surface area contributed by atoms with Gasteiger partial charge in [-0.15, -0.1) is 11.3 Å². The number of hydrogen-bond acceptors (Lipinski definition) is 4. The van der Waals surface area contributed by atoms with E-state index in [-0.39, 0.29) is 0 Å². The molecule has 2 heterocycles. The summed E-state index contributed by atoms with van der Waals surface area (Å²) in [5.74, 6) is 1.87. The number of rotatable bonds is 7. The Morgan fingerprint density at radius 3 is 1.48 bits per heavy atom. The standard InChI is InChI=1S/C62H39N3S/c1-3-17-46(18-4-1)62(47-19-5-2-6-20-47)54-26-11-9-22-51(54)52-38-37-45(39-55(52)62)61-64-59(43-33-29-41(30-34-43)49-24-13-16-40-15-7-8-21-48(40)49)63-60(65-61)44-35-31-42(32-36-44)50-25-14-28-57-58(50)53-23-10-12-27-56(53)66-57/h1-39H. The molecule has 308 valence electrons. The Morgan fingerprint density at radius 1 is 0.303 bits per heavy atom. The maximum atomic E-state index is 5.33. The minimum atomic E-state index is -0.549. The summed E-state index contributed by atoms with van der Waals surface area (Å²) < 4.78 is 2.59. The Labute approximate surface area is 387 Å². The second kappa shape index (κ2) is 15.4. The van der Waals surface area contributed by atoms with Gasteiger partial charge in [-0.25, -0.2) is 15.0 Å². The van der Waals surface area contributed by atoms with Crippen LogP contribution in [-0.4, -0.2) is 15.0 Å². The molecule has 12 aromatic rings. The zero-order valence-corrected chi connectivity index (χ0v) is 36.6. The lowest BCUT2D eigenvalue weighted by atomic mass is 9.67. The fourth-order valence-electron chi connectivity index (χ4n) is 10.4. The first-order valence-corrected chi connectivity index (χ1v) is 23.2. The number of thiophene rings is 1. The predicted octanol–water partition coefficient (Wildman–Crippen LogP) is 16.1. The molecule has 0 saturated heterocycles. The van der Waals surface area contributed by atoms with E-state index in [1.54, 1.807) is 0 Å². The van der Waals surface area contributed by atoms with Crippen molar-refractivity contribution in [2.24, 2.45) is 0 Å². The van der Waals surface area contributed by atoms with E-state index in [4.69, 9.17) is 15.0 Å². The molecule has 0 bridgehead atoms. The van der Waals surface area contributed by atoms with Gasteiger partial charge in [-0.3, -0.25) is 0 Å². The van der Waals surface area contributed by atoms with E-state index in [9.17, 15) is 0 Å². The Morgan fingerprint density at radius 2 is 0.773 bits per heavy atom. The van der Waals surface area contributed by atoms with Gasteiger partial charge in [0.1, 0.15) is 0 Å². The SMILES string of the molecule is c1ccc(C2(c3ccccc3)c3ccccc3-c3ccc(-c4nc(-c5ccc(-c6cccc7ccccc67)cc5)nc(-c5ccc(-c6cccc7sc8ccccc8c67)cc5)n4)cc32)cc1. The van der Waals surface area contributed by atoms with Gasteiger partial charge in [-0.05, 0) is 84.6 Å². The van der Waals surface area contributed by atoms with Crippen molar-refractivity contribution < 1.29 is 0 Å². The zero-order chi connectivity index (χ0) is 43.6. The lowest BCUT2D eigenvalue weighted by Crippen LogP contribution is -2.28. The summed E-state index contributed by atoms with van der Waals surface area (Å²) in [5, 5.41) is 5.03. The van der Waals surface area contributed by atoms with E-state index in [0.717, 1.165) is 27.8 Å². The van der Waals surface area contributed by atoms with Crippen LogP contribution in [0.3, 0.4) is 0 Å². The smallest absolute Gasteiger partial charge is 0.164 e. The second-order valence-corrected chi connectivity index (χ2v) is 18.1. The minimum Gasteiger partial charge on any atom is -0.208 e. The lowest BCUT2D eigenvalue weighted by molar-refractivity contribution is 0.768. The molecule has 2 aromatic heterocycles. The number of hydrogen-bond donors (Lipinski definition) is 0. The maximum Gasteiger partial charge on any atom is 0.164 e. The average Bonchev–Trinajstić information content (AvgIpc) is 3.93. The molecule has 1 aliphatic rings. The highest BCUT2D eigenvalue weighted by molar-refractivity contribution is 7.25. The van der Waals surface area contributed by atoms with Gasteiger partial charge in [0.2, 0.25) is 0 Å². The van der Waals surface area contributed by atoms with E-state index in [2.05, 4.69) is 237 Å². The van der Waals surface area contributed by atoms with Gasteiger partial charge < -0.3 is 0 Å². The van der Waals surface area contributed by atoms with Crippen molar-refractivity contribution in [1.29, 1.82) is 0 Å². The number of aromatic nitrogens is 3. The van der Waals surface area contributed by atoms with Crippen LogP contribution < -0.4 is 0 Å². The molecule has 0 amide bonds. The molecule has 4 heteroatoms. The fourth-order valence-corrected chi connectivity index (χ4v) is 11.6. The highest BCUT2D eigenvalue weighted by atomic mass is 32.1. The van der Waals surface area contributed by atoms with Gasteiger partial charge in [0.05, 0.1) is 5.41 Å². The van der Waals surface area contributed by atoms with E-state index >= 15 is 0 Å². The van der Waals surface area contributed by atoms with Crippen molar-refractivity contribution in [3.05, 3.63) is 259 Å². The fraction of sp³-hybridized carbons (Fsp3) is 0.0161. The number of nitrogens with zero attached hydrogens (tertiary/aromatic N) is 3. The third-order valence-corrected chi connectivity index (χ3v) is 14.6. The third kappa shape index (κ3) is 6.07. The van der Waals surface area contributed by atoms with Crippen LogP contribution in [0.5, 0.6) is 0 Å². The molecule has 10 aromatic carbocycles. The molecular formula is C62H39N3S. The van der Waals surface area contributed by atoms with E-state index in [1.807, 2.05) is 11.3 Å². The molecule has 0 aliphatic heterocycles. The van der Waals surface area contributed by atoms with Crippen LogP contribution in [0, 0.1) is 0 Å². The van der Waals surface area contributed by atoms with Gasteiger partial charge in [-0.1, -0.05) is 218 Å². The van der Waals surface area contributed by atoms with Crippen LogP contribution in [0.4, 0.5) is 0 Å². The number of benzene rings is 10. The molecule has 66 heavy (non-hydrogen) atoms. The average molecular weight is 858 g/mol. The first-order valence-electron chi connectivity index (χ1n) is 22.4. The Bertz CT molecular complexity index is 3760. The molecule has 0 radical (unpaired) electrons. The topological polar surface area (TPSA) is 38.7 Å². The monoisotopic (exact) mass is 857 g/mol. The van der Waals surface area contributed by atoms with Crippen LogP contribution in [0.2, 0.25) is 0 Å². The normalized spacial score (nSPS) is 12.7. The Kier molecular flexibility index (Phi) is 8.93. The van der Waals surface area contributed by atoms with Crippen LogP contribution >= 0.6 is 11.3 Å². The van der Waals surface area contributed by atoms with Gasteiger partial charge in [0, 0.05) is 36.9 Å². The summed E-state index contributed by atoms with van der Waals surface area (Å²) >= 11 is 1.84. The van der Waals surface area contributed by atoms with Crippen LogP contribution in [-0.2, 0) is 5.41 Å². The summed E-state index contributed by atoms with van der Waals surface area (Å²) in [4.78, 5) is 15.9. The van der Waals surface area contributed by atoms with Crippen molar-refractivity contribution in [2.75, 3.05) is 0 Å². The summed E-state index contributed by atoms with van der Waals surface area (Å²) in [7, 11) is 0. The zero-order valence-electron chi connectivity index (χ0n) is 35.8. The first kappa shape index (κ1) is 38.2. The van der Waals surface area contributed by atoms with Crippen molar-refractivity contribution in [1.82, 2.24) is 15.0 Å². The van der Waals surface area contributed by atoms with Crippen LogP contribution in [0.15, 0.2) is 237 Å². The minimum absolute atomic E-state index is 0.549. The van der Waals surface area contributed by atoms with E-state index in [1.165, 1.54) is 75.5 Å². The molecular weight excluding hydrogens is 819 g/mol.